The highest BCUT2D eigenvalue weighted by atomic mass is 32.1. The molecule has 6 aromatic rings. The number of fused-ring (bicyclic) bond motifs is 8. The molecule has 0 aliphatic carbocycles. The Hall–Kier alpha value is -4.50. The smallest absolute Gasteiger partial charge is 0.382 e. The molecule has 2 bridgehead atoms. The summed E-state index contributed by atoms with van der Waals surface area (Å²) >= 11 is 4.25. The fourth-order valence-corrected chi connectivity index (χ4v) is 37.7. The molecule has 6 aromatic heterocycles. The number of nitrogens with two attached hydrogens (primary N) is 5. The lowest BCUT2D eigenvalue weighted by Gasteiger charge is -2.43. The van der Waals surface area contributed by atoms with Crippen LogP contribution in [0.25, 0.3) is 11.2 Å². The van der Waals surface area contributed by atoms with Gasteiger partial charge in [0.2, 0.25) is 0 Å². The highest BCUT2D eigenvalue weighted by Crippen LogP contribution is 2.98. The Bertz CT molecular complexity index is 6040. The van der Waals surface area contributed by atoms with Crippen molar-refractivity contribution in [2.75, 3.05) is 44.7 Å². The molecule has 17 unspecified atom stereocenters. The largest absolute Gasteiger partial charge is 0.445 e. The maximum absolute atomic E-state index is 16.1. The van der Waals surface area contributed by atoms with E-state index in [9.17, 15) is 74.4 Å². The van der Waals surface area contributed by atoms with Crippen LogP contribution >= 0.6 is 106 Å². The second kappa shape index (κ2) is 36.6. The van der Waals surface area contributed by atoms with Crippen LogP contribution in [0.15, 0.2) is 34.2 Å². The third-order valence-corrected chi connectivity index (χ3v) is 44.8. The van der Waals surface area contributed by atoms with Gasteiger partial charge in [0.15, 0.2) is 52.5 Å². The Labute approximate surface area is 777 Å². The molecule has 53 nitrogen and oxygen atoms in total. The Kier molecular flexibility index (Phi) is 28.1. The van der Waals surface area contributed by atoms with Crippen molar-refractivity contribution in [3.63, 3.8) is 0 Å². The molecular formula is C65H85F6N13O40P8S4. The first-order chi connectivity index (χ1) is 62.8. The van der Waals surface area contributed by atoms with Crippen molar-refractivity contribution in [3.05, 3.63) is 77.0 Å². The Morgan fingerprint density at radius 3 is 1.23 bits per heavy atom. The molecule has 136 heavy (non-hydrogen) atoms. The average molecular weight is 2180 g/mol. The molecule has 18 heterocycles. The molecule has 12 aliphatic rings. The molecule has 12 aliphatic heterocycles. The monoisotopic (exact) mass is 2180 g/mol. The zero-order valence-corrected chi connectivity index (χ0v) is 81.8. The fourth-order valence-electron chi connectivity index (χ4n) is 16.0. The summed E-state index contributed by atoms with van der Waals surface area (Å²) in [7, 11) is -47.4. The number of rotatable bonds is 29. The minimum atomic E-state index is -6.29. The quantitative estimate of drug-likeness (QED) is 0.0120. The molecule has 0 saturated carbocycles. The lowest BCUT2D eigenvalue weighted by atomic mass is 10.1. The number of nitrogen functional groups attached to an aromatic ring is 1. The first-order valence-corrected chi connectivity index (χ1v) is 56.2. The van der Waals surface area contributed by atoms with Gasteiger partial charge in [-0.05, 0) is 69.2 Å². The predicted molar refractivity (Wildman–Crippen MR) is 441 cm³/mol. The molecule has 15 N–H and O–H groups in total. The molecular weight excluding hydrogens is 2090 g/mol. The summed E-state index contributed by atoms with van der Waals surface area (Å²) in [5, 5.41) is -8.75. The van der Waals surface area contributed by atoms with Crippen LogP contribution in [0.5, 0.6) is 0 Å². The average Bonchev–Trinajstić information content (AvgIpc) is 1.06. The number of aromatic nitrogens is 8. The van der Waals surface area contributed by atoms with Crippen LogP contribution in [-0.4, -0.2) is 257 Å². The lowest BCUT2D eigenvalue weighted by molar-refractivity contribution is -0.199. The highest BCUT2D eigenvalue weighted by Gasteiger charge is 2.81. The van der Waals surface area contributed by atoms with Crippen molar-refractivity contribution in [3.8, 4) is 0 Å². The van der Waals surface area contributed by atoms with Crippen molar-refractivity contribution in [2.45, 2.75) is 243 Å². The summed E-state index contributed by atoms with van der Waals surface area (Å²) < 4.78 is 323. The third-order valence-electron chi connectivity index (χ3n) is 21.6. The minimum absolute atomic E-state index is 0.00422. The standard InChI is InChI=1S/C26H33F2N7O13P2S.C26H34F2N4O17P4S2.C13H18F2N2O10P2S/c1-24(2)45-14-11(43-17(16(14)47-24)22-34-10(7-51-22)20(30)36)5-41-49(37,38)26(27,28)50(39,40)42-6-12-15-18(48-25(3,4)46-15)23(44-12)35-9-33-13-19(29)31-8-32-21(13)35;1-24(2)43-15-13(41-20(18(15)46-24)23-32-12(9-55-23)21(29)33)6-39-50(34)10-51(35)48-52(36,26(27,28)53(37,47-50)49-51)40-7-14-16-17(45-25(3,4)44-16)19(42-14)22-31-11(5-38-30)8-54-22;1-12(2)26-7-6(3-24-29(22,23)13(14,15)28(19,20)21)25-9(8(7)27-12)11-17-5(4-30-11)10(16)18/h7-9,11-12,14-18,23H,5-6H2,1-4H3,(H2,30,36)(H,37,38)(H,39,40)(H2,29,31,32);8-9,13-20H,5-7,10,30H2,1-4H3,(H2,29,33);4,6-9H,3H2,1-2H3,(H2,16,18)(H,22,23)(H2,19,20,21)/t11-,12-,14?,15?,16?,17-,18?,23-;13-,14-,15?,16?,17?,18?,19-,20-,50?,51?,52?,53?;6-,7?,8?,9-/m111/s1. The van der Waals surface area contributed by atoms with E-state index in [0.717, 1.165) is 34.0 Å². The Morgan fingerprint density at radius 2 is 0.838 bits per heavy atom. The number of primary amides is 3. The summed E-state index contributed by atoms with van der Waals surface area (Å²) in [4.78, 5) is 116. The van der Waals surface area contributed by atoms with E-state index in [-0.39, 0.29) is 55.7 Å². The van der Waals surface area contributed by atoms with Gasteiger partial charge >= 0.3 is 77.0 Å². The number of halogens is 6. The number of amides is 3. The molecule has 12 saturated heterocycles. The van der Waals surface area contributed by atoms with Gasteiger partial charge in [0, 0.05) is 21.5 Å². The van der Waals surface area contributed by atoms with E-state index in [1.165, 1.54) is 44.7 Å². The van der Waals surface area contributed by atoms with E-state index < -0.39 is 285 Å². The zero-order chi connectivity index (χ0) is 99.1. The zero-order valence-electron chi connectivity index (χ0n) is 71.4. The van der Waals surface area contributed by atoms with Gasteiger partial charge in [-0.3, -0.25) is 60.3 Å². The molecule has 12 fully saturated rings. The molecule has 0 radical (unpaired) electrons. The fraction of sp³-hybridized carbons (Fsp3) is 0.692. The summed E-state index contributed by atoms with van der Waals surface area (Å²) in [5.41, 5.74) is 22.5. The number of thiazole rings is 4. The molecule has 0 aromatic carbocycles. The first kappa shape index (κ1) is 104. The molecule has 27 atom stereocenters. The van der Waals surface area contributed by atoms with Gasteiger partial charge in [-0.2, -0.15) is 26.3 Å². The van der Waals surface area contributed by atoms with E-state index >= 15 is 17.6 Å². The second-order valence-electron chi connectivity index (χ2n) is 33.9. The summed E-state index contributed by atoms with van der Waals surface area (Å²) in [5.74, 6) is -4.31. The number of carbonyl (C=O) groups is 3. The molecule has 18 rings (SSSR count). The molecule has 3 amide bonds. The second-order valence-corrected chi connectivity index (χ2v) is 54.9. The SMILES string of the molecule is CC1(C)OC2C(O1)[C@@H](COP(=O)(O)C(F)(F)P(=O)(O)OC[C@H]1O[C@@H](c3nc(C(N)=O)cs3)C3OC(C)(C)OC31)O[C@H]2n1cnc2c(N)ncnc21.CC1(C)OC2C(O1)[C@H](c1nc(C(N)=O)cs1)O[C@@H]2COP(=O)(O)C(F)(F)P(=O)(O)O.CC1(C)OC2C(O1)[C@H](c1nc(CON)cs1)O[C@@H]2COP1(=O)OP2(=O)CP(=O)(OC[C@H]3O[C@@H](c4nc(C(N)=O)cs4)C4OC(C)(C)OC43)OP(=O)(O2)C1(F)F. The van der Waals surface area contributed by atoms with Gasteiger partial charge < -0.3 is 141 Å². The van der Waals surface area contributed by atoms with Crippen LogP contribution in [0.1, 0.15) is 157 Å². The van der Waals surface area contributed by atoms with E-state index in [4.69, 9.17) is 136 Å². The van der Waals surface area contributed by atoms with Crippen molar-refractivity contribution < 1.29 is 213 Å². The van der Waals surface area contributed by atoms with Crippen LogP contribution in [0.2, 0.25) is 0 Å². The predicted octanol–water partition coefficient (Wildman–Crippen LogP) is 8.23. The van der Waals surface area contributed by atoms with Gasteiger partial charge in [-0.1, -0.05) is 0 Å². The van der Waals surface area contributed by atoms with Gasteiger partial charge in [0.1, 0.15) is 172 Å². The van der Waals surface area contributed by atoms with Crippen molar-refractivity contribution in [2.24, 2.45) is 23.1 Å². The van der Waals surface area contributed by atoms with Crippen LogP contribution < -0.4 is 28.8 Å². The van der Waals surface area contributed by atoms with Crippen LogP contribution in [0.3, 0.4) is 0 Å². The van der Waals surface area contributed by atoms with Crippen LogP contribution in [-0.2, 0) is 155 Å². The van der Waals surface area contributed by atoms with Crippen molar-refractivity contribution in [1.82, 2.24) is 39.5 Å². The van der Waals surface area contributed by atoms with E-state index in [1.54, 1.807) is 74.6 Å². The van der Waals surface area contributed by atoms with E-state index in [0.29, 0.717) is 10.7 Å². The third kappa shape index (κ3) is 19.9. The minimum Gasteiger partial charge on any atom is -0.382 e. The first-order valence-electron chi connectivity index (χ1n) is 39.8. The Morgan fingerprint density at radius 1 is 0.485 bits per heavy atom. The number of carbonyl (C=O) groups excluding carboxylic acids is 3. The van der Waals surface area contributed by atoms with Crippen molar-refractivity contribution >= 4 is 141 Å². The molecule has 71 heteroatoms. The van der Waals surface area contributed by atoms with Crippen LogP contribution in [0.4, 0.5) is 32.2 Å². The number of hydrogen-bond donors (Lipinski definition) is 10. The molecule has 756 valence electrons. The normalized spacial score (nSPS) is 37.0. The summed E-state index contributed by atoms with van der Waals surface area (Å²) in [6.45, 7) is 11.3. The summed E-state index contributed by atoms with van der Waals surface area (Å²) in [6.07, 6.45) is -17.6. The van der Waals surface area contributed by atoms with Gasteiger partial charge in [0.05, 0.1) is 45.1 Å². The lowest BCUT2D eigenvalue weighted by Crippen LogP contribution is -2.35. The van der Waals surface area contributed by atoms with Gasteiger partial charge in [-0.25, -0.2) is 53.7 Å². The van der Waals surface area contributed by atoms with Gasteiger partial charge in [0.25, 0.3) is 17.7 Å². The van der Waals surface area contributed by atoms with E-state index in [2.05, 4.69) is 48.6 Å². The van der Waals surface area contributed by atoms with Gasteiger partial charge in [-0.15, -0.1) is 45.3 Å². The topological polar surface area (TPSA) is 736 Å². The number of imidazole rings is 1. The van der Waals surface area contributed by atoms with Crippen LogP contribution in [0, 0.1) is 0 Å². The number of hydrogen-bond acceptors (Lipinski definition) is 48. The van der Waals surface area contributed by atoms with E-state index in [1.807, 2.05) is 0 Å². The Balaban J connectivity index is 0.000000154. The molecule has 0 spiro atoms. The number of alkyl halides is 6. The maximum atomic E-state index is 16.1. The number of anilines is 1. The highest BCUT2D eigenvalue weighted by molar-refractivity contribution is 7.92. The number of ether oxygens (including phenoxy) is 15. The maximum Gasteiger partial charge on any atom is 0.445 e. The summed E-state index contributed by atoms with van der Waals surface area (Å²) in [6, 6.07) is 0. The van der Waals surface area contributed by atoms with Crippen molar-refractivity contribution in [1.29, 1.82) is 0 Å². The number of nitrogens with zero attached hydrogens (tertiary/aromatic N) is 8.